The van der Waals surface area contributed by atoms with E-state index in [-0.39, 0.29) is 12.4 Å². The number of carbonyl (C=O) groups excluding carboxylic acids is 1. The molecule has 0 heterocycles. The van der Waals surface area contributed by atoms with Crippen molar-refractivity contribution >= 4 is 6.29 Å². The molecule has 0 spiro atoms. The zero-order valence-electron chi connectivity index (χ0n) is 11.4. The third-order valence-corrected chi connectivity index (χ3v) is 2.74. The molecule has 0 bridgehead atoms. The number of carbonyl (C=O) groups is 1. The van der Waals surface area contributed by atoms with Crippen molar-refractivity contribution in [2.45, 2.75) is 13.5 Å². The van der Waals surface area contributed by atoms with E-state index in [0.29, 0.717) is 29.8 Å². The minimum Gasteiger partial charge on any atom is -0.490 e. The molecule has 0 aliphatic carbocycles. The lowest BCUT2D eigenvalue weighted by molar-refractivity contribution is 0.111. The maximum absolute atomic E-state index is 13.1. The van der Waals surface area contributed by atoms with Gasteiger partial charge in [0.1, 0.15) is 18.2 Å². The SMILES string of the molecule is CCOc1cccc(C=O)c1OCc1cc(F)cc(F)c1. The zero-order chi connectivity index (χ0) is 15.2. The van der Waals surface area contributed by atoms with Crippen LogP contribution in [0.3, 0.4) is 0 Å². The van der Waals surface area contributed by atoms with Gasteiger partial charge >= 0.3 is 0 Å². The number of rotatable bonds is 6. The molecule has 0 radical (unpaired) electrons. The van der Waals surface area contributed by atoms with E-state index in [9.17, 15) is 13.6 Å². The van der Waals surface area contributed by atoms with E-state index in [1.165, 1.54) is 12.1 Å². The Balaban J connectivity index is 2.24. The fourth-order valence-corrected chi connectivity index (χ4v) is 1.90. The first kappa shape index (κ1) is 15.0. The second kappa shape index (κ2) is 6.83. The molecule has 2 rings (SSSR count). The van der Waals surface area contributed by atoms with Gasteiger partial charge in [-0.1, -0.05) is 6.07 Å². The highest BCUT2D eigenvalue weighted by atomic mass is 19.1. The number of halogens is 2. The van der Waals surface area contributed by atoms with Crippen molar-refractivity contribution < 1.29 is 23.0 Å². The largest absolute Gasteiger partial charge is 0.490 e. The average Bonchev–Trinajstić information content (AvgIpc) is 2.45. The molecule has 0 aliphatic rings. The molecule has 0 saturated carbocycles. The Hall–Kier alpha value is -2.43. The Morgan fingerprint density at radius 2 is 1.81 bits per heavy atom. The van der Waals surface area contributed by atoms with Gasteiger partial charge < -0.3 is 9.47 Å². The summed E-state index contributed by atoms with van der Waals surface area (Å²) in [4.78, 5) is 11.0. The van der Waals surface area contributed by atoms with Crippen LogP contribution >= 0.6 is 0 Å². The van der Waals surface area contributed by atoms with Crippen molar-refractivity contribution in [3.05, 3.63) is 59.2 Å². The quantitative estimate of drug-likeness (QED) is 0.761. The summed E-state index contributed by atoms with van der Waals surface area (Å²) in [6.07, 6.45) is 0.643. The molecule has 0 N–H and O–H groups in total. The number of benzene rings is 2. The number of aldehydes is 1. The number of hydrogen-bond donors (Lipinski definition) is 0. The van der Waals surface area contributed by atoms with Crippen molar-refractivity contribution in [3.63, 3.8) is 0 Å². The van der Waals surface area contributed by atoms with Gasteiger partial charge in [-0.2, -0.15) is 0 Å². The third kappa shape index (κ3) is 3.78. The van der Waals surface area contributed by atoms with Gasteiger partial charge in [-0.15, -0.1) is 0 Å². The lowest BCUT2D eigenvalue weighted by Crippen LogP contribution is -2.03. The summed E-state index contributed by atoms with van der Waals surface area (Å²) < 4.78 is 37.1. The summed E-state index contributed by atoms with van der Waals surface area (Å²) in [5, 5.41) is 0. The third-order valence-electron chi connectivity index (χ3n) is 2.74. The molecule has 110 valence electrons. The molecular weight excluding hydrogens is 278 g/mol. The summed E-state index contributed by atoms with van der Waals surface area (Å²) in [5.41, 5.74) is 0.647. The molecule has 0 atom stereocenters. The van der Waals surface area contributed by atoms with E-state index in [1.54, 1.807) is 25.1 Å². The van der Waals surface area contributed by atoms with E-state index in [1.807, 2.05) is 0 Å². The van der Waals surface area contributed by atoms with Crippen molar-refractivity contribution in [3.8, 4) is 11.5 Å². The molecule has 2 aromatic carbocycles. The van der Waals surface area contributed by atoms with Crippen LogP contribution in [0.1, 0.15) is 22.8 Å². The fourth-order valence-electron chi connectivity index (χ4n) is 1.90. The average molecular weight is 292 g/mol. The fraction of sp³-hybridized carbons (Fsp3) is 0.188. The summed E-state index contributed by atoms with van der Waals surface area (Å²) in [6.45, 7) is 2.15. The van der Waals surface area contributed by atoms with E-state index < -0.39 is 11.6 Å². The highest BCUT2D eigenvalue weighted by Crippen LogP contribution is 2.31. The molecule has 0 saturated heterocycles. The number of para-hydroxylation sites is 1. The van der Waals surface area contributed by atoms with Gasteiger partial charge in [0.2, 0.25) is 0 Å². The summed E-state index contributed by atoms with van der Waals surface area (Å²) in [5.74, 6) is -0.678. The van der Waals surface area contributed by atoms with Crippen LogP contribution < -0.4 is 9.47 Å². The van der Waals surface area contributed by atoms with E-state index in [2.05, 4.69) is 0 Å². The standard InChI is InChI=1S/C16H14F2O3/c1-2-20-15-5-3-4-12(9-19)16(15)21-10-11-6-13(17)8-14(18)7-11/h3-9H,2,10H2,1H3. The Morgan fingerprint density at radius 1 is 1.10 bits per heavy atom. The lowest BCUT2D eigenvalue weighted by Gasteiger charge is -2.13. The van der Waals surface area contributed by atoms with Gasteiger partial charge in [-0.05, 0) is 36.8 Å². The molecule has 3 nitrogen and oxygen atoms in total. The summed E-state index contributed by atoms with van der Waals surface area (Å²) in [6, 6.07) is 8.05. The maximum atomic E-state index is 13.1. The van der Waals surface area contributed by atoms with Gasteiger partial charge in [-0.25, -0.2) is 8.78 Å². The van der Waals surface area contributed by atoms with Gasteiger partial charge in [0, 0.05) is 6.07 Å². The molecule has 0 amide bonds. The minimum atomic E-state index is -0.678. The van der Waals surface area contributed by atoms with Crippen molar-refractivity contribution in [2.24, 2.45) is 0 Å². The molecule has 0 aromatic heterocycles. The smallest absolute Gasteiger partial charge is 0.172 e. The Kier molecular flexibility index (Phi) is 4.87. The van der Waals surface area contributed by atoms with Crippen molar-refractivity contribution in [2.75, 3.05) is 6.61 Å². The second-order valence-corrected chi connectivity index (χ2v) is 4.29. The topological polar surface area (TPSA) is 35.5 Å². The van der Waals surface area contributed by atoms with Crippen LogP contribution in [0.25, 0.3) is 0 Å². The van der Waals surface area contributed by atoms with Gasteiger partial charge in [0.05, 0.1) is 12.2 Å². The van der Waals surface area contributed by atoms with E-state index in [4.69, 9.17) is 9.47 Å². The van der Waals surface area contributed by atoms with Crippen LogP contribution in [-0.2, 0) is 6.61 Å². The number of hydrogen-bond acceptors (Lipinski definition) is 3. The first-order chi connectivity index (χ1) is 10.1. The van der Waals surface area contributed by atoms with Gasteiger partial charge in [0.25, 0.3) is 0 Å². The lowest BCUT2D eigenvalue weighted by atomic mass is 10.2. The predicted octanol–water partition coefficient (Wildman–Crippen LogP) is 3.76. The van der Waals surface area contributed by atoms with Crippen LogP contribution in [-0.4, -0.2) is 12.9 Å². The Labute approximate surface area is 121 Å². The van der Waals surface area contributed by atoms with Crippen molar-refractivity contribution in [1.29, 1.82) is 0 Å². The van der Waals surface area contributed by atoms with Crippen LogP contribution in [0.4, 0.5) is 8.78 Å². The van der Waals surface area contributed by atoms with Crippen molar-refractivity contribution in [1.82, 2.24) is 0 Å². The summed E-state index contributed by atoms with van der Waals surface area (Å²) in [7, 11) is 0. The molecule has 0 aliphatic heterocycles. The maximum Gasteiger partial charge on any atom is 0.172 e. The normalized spacial score (nSPS) is 10.2. The molecule has 0 fully saturated rings. The number of ether oxygens (including phenoxy) is 2. The molecule has 0 unspecified atom stereocenters. The van der Waals surface area contributed by atoms with Crippen LogP contribution in [0.2, 0.25) is 0 Å². The van der Waals surface area contributed by atoms with Crippen LogP contribution in [0.5, 0.6) is 11.5 Å². The van der Waals surface area contributed by atoms with Gasteiger partial charge in [-0.3, -0.25) is 4.79 Å². The highest BCUT2D eigenvalue weighted by Gasteiger charge is 2.11. The molecule has 2 aromatic rings. The summed E-state index contributed by atoms with van der Waals surface area (Å²) >= 11 is 0. The highest BCUT2D eigenvalue weighted by molar-refractivity contribution is 5.81. The first-order valence-electron chi connectivity index (χ1n) is 6.42. The monoisotopic (exact) mass is 292 g/mol. The zero-order valence-corrected chi connectivity index (χ0v) is 11.4. The molecular formula is C16H14F2O3. The van der Waals surface area contributed by atoms with Crippen LogP contribution in [0, 0.1) is 11.6 Å². The van der Waals surface area contributed by atoms with Crippen LogP contribution in [0.15, 0.2) is 36.4 Å². The minimum absolute atomic E-state index is 0.0698. The van der Waals surface area contributed by atoms with E-state index >= 15 is 0 Å². The molecule has 5 heteroatoms. The molecule has 21 heavy (non-hydrogen) atoms. The first-order valence-corrected chi connectivity index (χ1v) is 6.42. The Morgan fingerprint density at radius 3 is 2.43 bits per heavy atom. The predicted molar refractivity (Wildman–Crippen MR) is 73.7 cm³/mol. The second-order valence-electron chi connectivity index (χ2n) is 4.29. The van der Waals surface area contributed by atoms with E-state index in [0.717, 1.165) is 6.07 Å². The Bertz CT molecular complexity index is 621. The van der Waals surface area contributed by atoms with Gasteiger partial charge in [0.15, 0.2) is 17.8 Å².